The largest absolute Gasteiger partial charge is 0.486 e. The van der Waals surface area contributed by atoms with E-state index >= 15 is 0 Å². The van der Waals surface area contributed by atoms with Gasteiger partial charge >= 0.3 is 0 Å². The van der Waals surface area contributed by atoms with Crippen molar-refractivity contribution in [2.45, 2.75) is 38.8 Å². The second-order valence-electron chi connectivity index (χ2n) is 4.93. The molecule has 1 saturated heterocycles. The highest BCUT2D eigenvalue weighted by Gasteiger charge is 2.17. The Morgan fingerprint density at radius 2 is 2.37 bits per heavy atom. The highest BCUT2D eigenvalue weighted by Crippen LogP contribution is 2.29. The van der Waals surface area contributed by atoms with Crippen LogP contribution in [0, 0.1) is 0 Å². The minimum Gasteiger partial charge on any atom is -0.486 e. The van der Waals surface area contributed by atoms with E-state index in [1.807, 2.05) is 12.1 Å². The van der Waals surface area contributed by atoms with E-state index in [-0.39, 0.29) is 6.10 Å². The SMILES string of the molecule is CCNC(C)c1ccc(OC2CCCOC2)c(Cl)c1. The third kappa shape index (κ3) is 4.10. The molecule has 1 N–H and O–H groups in total. The Morgan fingerprint density at radius 3 is 3.00 bits per heavy atom. The summed E-state index contributed by atoms with van der Waals surface area (Å²) in [6, 6.07) is 6.31. The van der Waals surface area contributed by atoms with Crippen molar-refractivity contribution in [2.24, 2.45) is 0 Å². The van der Waals surface area contributed by atoms with Crippen molar-refractivity contribution in [1.29, 1.82) is 0 Å². The molecule has 1 aromatic carbocycles. The number of hydrogen-bond acceptors (Lipinski definition) is 3. The lowest BCUT2D eigenvalue weighted by Gasteiger charge is -2.24. The number of benzene rings is 1. The molecule has 0 aromatic heterocycles. The van der Waals surface area contributed by atoms with Crippen molar-refractivity contribution in [2.75, 3.05) is 19.8 Å². The molecule has 2 rings (SSSR count). The molecule has 0 saturated carbocycles. The molecule has 0 amide bonds. The number of halogens is 1. The maximum absolute atomic E-state index is 6.30. The zero-order valence-electron chi connectivity index (χ0n) is 11.6. The van der Waals surface area contributed by atoms with Crippen LogP contribution in [0.4, 0.5) is 0 Å². The van der Waals surface area contributed by atoms with E-state index in [9.17, 15) is 0 Å². The predicted octanol–water partition coefficient (Wildman–Crippen LogP) is 3.57. The van der Waals surface area contributed by atoms with Gasteiger partial charge in [-0.1, -0.05) is 24.6 Å². The normalized spacial score (nSPS) is 21.1. The van der Waals surface area contributed by atoms with Gasteiger partial charge < -0.3 is 14.8 Å². The monoisotopic (exact) mass is 283 g/mol. The van der Waals surface area contributed by atoms with Gasteiger partial charge in [-0.2, -0.15) is 0 Å². The molecular weight excluding hydrogens is 262 g/mol. The van der Waals surface area contributed by atoms with Crippen LogP contribution in [0.3, 0.4) is 0 Å². The Morgan fingerprint density at radius 1 is 1.53 bits per heavy atom. The van der Waals surface area contributed by atoms with Crippen LogP contribution in [0.1, 0.15) is 38.3 Å². The van der Waals surface area contributed by atoms with Crippen LogP contribution in [0.2, 0.25) is 5.02 Å². The summed E-state index contributed by atoms with van der Waals surface area (Å²) < 4.78 is 11.3. The molecule has 1 heterocycles. The Labute approximate surface area is 120 Å². The molecule has 0 radical (unpaired) electrons. The molecule has 0 aliphatic carbocycles. The summed E-state index contributed by atoms with van der Waals surface area (Å²) in [6.45, 7) is 6.67. The standard InChI is InChI=1S/C15H22ClNO2/c1-3-17-11(2)12-6-7-15(14(16)9-12)19-13-5-4-8-18-10-13/h6-7,9,11,13,17H,3-5,8,10H2,1-2H3. The summed E-state index contributed by atoms with van der Waals surface area (Å²) in [5.74, 6) is 0.754. The third-order valence-corrected chi connectivity index (χ3v) is 3.67. The first kappa shape index (κ1) is 14.6. The Hall–Kier alpha value is -0.770. The number of nitrogens with one attached hydrogen (secondary N) is 1. The van der Waals surface area contributed by atoms with E-state index in [2.05, 4.69) is 25.2 Å². The molecular formula is C15H22ClNO2. The zero-order chi connectivity index (χ0) is 13.7. The molecule has 1 aliphatic rings. The molecule has 3 nitrogen and oxygen atoms in total. The average molecular weight is 284 g/mol. The molecule has 2 atom stereocenters. The van der Waals surface area contributed by atoms with Crippen LogP contribution in [0.25, 0.3) is 0 Å². The highest BCUT2D eigenvalue weighted by atomic mass is 35.5. The van der Waals surface area contributed by atoms with E-state index in [1.54, 1.807) is 0 Å². The molecule has 0 bridgehead atoms. The van der Waals surface area contributed by atoms with Gasteiger partial charge in [0, 0.05) is 12.6 Å². The molecule has 2 unspecified atom stereocenters. The van der Waals surface area contributed by atoms with E-state index in [4.69, 9.17) is 21.1 Å². The summed E-state index contributed by atoms with van der Waals surface area (Å²) in [4.78, 5) is 0. The summed E-state index contributed by atoms with van der Waals surface area (Å²) in [7, 11) is 0. The van der Waals surface area contributed by atoms with Gasteiger partial charge in [0.25, 0.3) is 0 Å². The minimum atomic E-state index is 0.128. The molecule has 106 valence electrons. The second-order valence-corrected chi connectivity index (χ2v) is 5.33. The van der Waals surface area contributed by atoms with Crippen molar-refractivity contribution >= 4 is 11.6 Å². The maximum Gasteiger partial charge on any atom is 0.138 e. The Bertz CT molecular complexity index is 405. The fourth-order valence-electron chi connectivity index (χ4n) is 2.29. The first-order valence-electron chi connectivity index (χ1n) is 6.98. The van der Waals surface area contributed by atoms with Gasteiger partial charge in [0.15, 0.2) is 0 Å². The highest BCUT2D eigenvalue weighted by molar-refractivity contribution is 6.32. The lowest BCUT2D eigenvalue weighted by atomic mass is 10.1. The van der Waals surface area contributed by atoms with Crippen LogP contribution in [0.5, 0.6) is 5.75 Å². The third-order valence-electron chi connectivity index (χ3n) is 3.38. The summed E-state index contributed by atoms with van der Waals surface area (Å²) >= 11 is 6.30. The molecule has 1 fully saturated rings. The van der Waals surface area contributed by atoms with Crippen molar-refractivity contribution in [3.63, 3.8) is 0 Å². The molecule has 4 heteroatoms. The quantitative estimate of drug-likeness (QED) is 0.896. The Kier molecular flexibility index (Phi) is 5.49. The predicted molar refractivity (Wildman–Crippen MR) is 78.0 cm³/mol. The van der Waals surface area contributed by atoms with E-state index in [1.165, 1.54) is 5.56 Å². The molecule has 0 spiro atoms. The first-order chi connectivity index (χ1) is 9.20. The van der Waals surface area contributed by atoms with Gasteiger partial charge in [0.1, 0.15) is 11.9 Å². The fourth-order valence-corrected chi connectivity index (χ4v) is 2.52. The summed E-state index contributed by atoms with van der Waals surface area (Å²) in [5.41, 5.74) is 1.18. The molecule has 1 aromatic rings. The van der Waals surface area contributed by atoms with Crippen molar-refractivity contribution in [3.8, 4) is 5.75 Å². The van der Waals surface area contributed by atoms with Gasteiger partial charge in [-0.25, -0.2) is 0 Å². The summed E-state index contributed by atoms with van der Waals surface area (Å²) in [5, 5.41) is 4.04. The van der Waals surface area contributed by atoms with Crippen molar-refractivity contribution < 1.29 is 9.47 Å². The average Bonchev–Trinajstić information content (AvgIpc) is 2.42. The number of ether oxygens (including phenoxy) is 2. The van der Waals surface area contributed by atoms with Crippen LogP contribution in [-0.4, -0.2) is 25.9 Å². The van der Waals surface area contributed by atoms with E-state index < -0.39 is 0 Å². The molecule has 19 heavy (non-hydrogen) atoms. The minimum absolute atomic E-state index is 0.128. The number of hydrogen-bond donors (Lipinski definition) is 1. The van der Waals surface area contributed by atoms with Crippen molar-refractivity contribution in [3.05, 3.63) is 28.8 Å². The van der Waals surface area contributed by atoms with Gasteiger partial charge in [-0.05, 0) is 44.0 Å². The van der Waals surface area contributed by atoms with Gasteiger partial charge in [0.05, 0.1) is 11.6 Å². The maximum atomic E-state index is 6.30. The van der Waals surface area contributed by atoms with Crippen LogP contribution in [0.15, 0.2) is 18.2 Å². The van der Waals surface area contributed by atoms with Gasteiger partial charge in [-0.15, -0.1) is 0 Å². The number of rotatable bonds is 5. The fraction of sp³-hybridized carbons (Fsp3) is 0.600. The topological polar surface area (TPSA) is 30.5 Å². The lowest BCUT2D eigenvalue weighted by molar-refractivity contribution is 0.00746. The van der Waals surface area contributed by atoms with Crippen LogP contribution < -0.4 is 10.1 Å². The zero-order valence-corrected chi connectivity index (χ0v) is 12.4. The van der Waals surface area contributed by atoms with Crippen molar-refractivity contribution in [1.82, 2.24) is 5.32 Å². The van der Waals surface area contributed by atoms with Gasteiger partial charge in [-0.3, -0.25) is 0 Å². The Balaban J connectivity index is 2.01. The van der Waals surface area contributed by atoms with Crippen LogP contribution >= 0.6 is 11.6 Å². The smallest absolute Gasteiger partial charge is 0.138 e. The van der Waals surface area contributed by atoms with Gasteiger partial charge in [0.2, 0.25) is 0 Å². The summed E-state index contributed by atoms with van der Waals surface area (Å²) in [6.07, 6.45) is 2.22. The van der Waals surface area contributed by atoms with Crippen LogP contribution in [-0.2, 0) is 4.74 Å². The molecule has 1 aliphatic heterocycles. The second kappa shape index (κ2) is 7.13. The lowest BCUT2D eigenvalue weighted by Crippen LogP contribution is -2.28. The first-order valence-corrected chi connectivity index (χ1v) is 7.35. The van der Waals surface area contributed by atoms with E-state index in [0.717, 1.165) is 31.7 Å². The van der Waals surface area contributed by atoms with E-state index in [0.29, 0.717) is 17.7 Å².